The molecule has 0 bridgehead atoms. The van der Waals surface area contributed by atoms with Crippen molar-refractivity contribution < 1.29 is 14.3 Å². The zero-order valence-corrected chi connectivity index (χ0v) is 18.8. The molecule has 0 amide bonds. The molecule has 1 aromatic carbocycles. The van der Waals surface area contributed by atoms with Crippen molar-refractivity contribution in [2.75, 3.05) is 6.23 Å². The minimum atomic E-state index is -1.85. The van der Waals surface area contributed by atoms with E-state index in [1.807, 2.05) is 18.2 Å². The van der Waals surface area contributed by atoms with Gasteiger partial charge in [-0.1, -0.05) is 54.6 Å². The highest BCUT2D eigenvalue weighted by atomic mass is 28.3. The van der Waals surface area contributed by atoms with Crippen LogP contribution in [0, 0.1) is 6.92 Å². The van der Waals surface area contributed by atoms with Gasteiger partial charge in [-0.15, -0.1) is 0 Å². The van der Waals surface area contributed by atoms with E-state index in [0.29, 0.717) is 12.0 Å². The zero-order chi connectivity index (χ0) is 19.9. The fraction of sp³-hybridized carbons (Fsp3) is 0.545. The molecule has 0 saturated heterocycles. The molecular formula is C22H34O3Si. The molecule has 0 aliphatic heterocycles. The Morgan fingerprint density at radius 2 is 1.50 bits per heavy atom. The largest absolute Gasteiger partial charge is 0.507 e. The van der Waals surface area contributed by atoms with Gasteiger partial charge in [0.1, 0.15) is 11.5 Å². The molecule has 0 atom stereocenters. The lowest BCUT2D eigenvalue weighted by atomic mass is 9.79. The molecule has 0 spiro atoms. The zero-order valence-electron chi connectivity index (χ0n) is 17.8. The van der Waals surface area contributed by atoms with E-state index >= 15 is 0 Å². The standard InChI is InChI=1S/C22H34O3Si/c1-15-10-11-24-20(15)26(8,9)14-25-16-12-17(21(2,3)4)19(23)18(13-16)22(5,6)7/h10-13,23H,14H2,1-9H3. The van der Waals surface area contributed by atoms with Crippen LogP contribution < -0.4 is 10.1 Å². The maximum Gasteiger partial charge on any atom is 0.168 e. The number of aryl methyl sites for hydroxylation is 1. The molecule has 0 aliphatic carbocycles. The topological polar surface area (TPSA) is 42.6 Å². The Morgan fingerprint density at radius 1 is 1.00 bits per heavy atom. The first-order chi connectivity index (χ1) is 11.7. The van der Waals surface area contributed by atoms with E-state index in [1.165, 1.54) is 5.56 Å². The maximum atomic E-state index is 10.8. The predicted molar refractivity (Wildman–Crippen MR) is 112 cm³/mol. The van der Waals surface area contributed by atoms with Crippen molar-refractivity contribution in [2.45, 2.75) is 72.4 Å². The summed E-state index contributed by atoms with van der Waals surface area (Å²) < 4.78 is 12.0. The Morgan fingerprint density at radius 3 is 1.88 bits per heavy atom. The lowest BCUT2D eigenvalue weighted by Gasteiger charge is -2.29. The monoisotopic (exact) mass is 374 g/mol. The summed E-state index contributed by atoms with van der Waals surface area (Å²) in [5.74, 6) is 1.21. The van der Waals surface area contributed by atoms with Crippen molar-refractivity contribution >= 4 is 13.5 Å². The van der Waals surface area contributed by atoms with Crippen LogP contribution >= 0.6 is 0 Å². The van der Waals surface area contributed by atoms with Gasteiger partial charge in [0.25, 0.3) is 0 Å². The Kier molecular flexibility index (Phi) is 5.40. The lowest BCUT2D eigenvalue weighted by molar-refractivity contribution is 0.368. The average molecular weight is 375 g/mol. The molecule has 1 N–H and O–H groups in total. The number of phenols is 1. The number of phenolic OH excluding ortho intramolecular Hbond substituents is 1. The summed E-state index contributed by atoms with van der Waals surface area (Å²) in [5, 5.41) is 11.9. The molecular weight excluding hydrogens is 340 g/mol. The van der Waals surface area contributed by atoms with Crippen LogP contribution in [0.1, 0.15) is 58.2 Å². The number of hydrogen-bond donors (Lipinski definition) is 1. The Hall–Kier alpha value is -1.68. The highest BCUT2D eigenvalue weighted by molar-refractivity contribution is 6.89. The number of rotatable bonds is 4. The first-order valence-electron chi connectivity index (χ1n) is 9.29. The molecule has 0 fully saturated rings. The lowest BCUT2D eigenvalue weighted by Crippen LogP contribution is -2.48. The highest BCUT2D eigenvalue weighted by Gasteiger charge is 2.31. The molecule has 1 heterocycles. The van der Waals surface area contributed by atoms with E-state index in [4.69, 9.17) is 9.15 Å². The van der Waals surface area contributed by atoms with Crippen LogP contribution in [0.4, 0.5) is 0 Å². The van der Waals surface area contributed by atoms with E-state index < -0.39 is 8.07 Å². The van der Waals surface area contributed by atoms with Crippen LogP contribution in [0.3, 0.4) is 0 Å². The third-order valence-electron chi connectivity index (χ3n) is 4.78. The first-order valence-corrected chi connectivity index (χ1v) is 12.5. The quantitative estimate of drug-likeness (QED) is 0.726. The number of furan rings is 1. The van der Waals surface area contributed by atoms with Gasteiger partial charge in [-0.2, -0.15) is 0 Å². The normalized spacial score (nSPS) is 13.1. The second-order valence-corrected chi connectivity index (χ2v) is 14.5. The van der Waals surface area contributed by atoms with Crippen molar-refractivity contribution in [3.63, 3.8) is 0 Å². The smallest absolute Gasteiger partial charge is 0.168 e. The van der Waals surface area contributed by atoms with E-state index in [2.05, 4.69) is 61.6 Å². The molecule has 1 aromatic heterocycles. The van der Waals surface area contributed by atoms with Crippen LogP contribution in [0.15, 0.2) is 28.9 Å². The predicted octanol–water partition coefficient (Wildman–Crippen LogP) is 5.42. The van der Waals surface area contributed by atoms with Crippen LogP contribution in [0.2, 0.25) is 13.1 Å². The summed E-state index contributed by atoms with van der Waals surface area (Å²) in [7, 11) is -1.85. The van der Waals surface area contributed by atoms with Crippen LogP contribution in [0.5, 0.6) is 11.5 Å². The molecule has 2 rings (SSSR count). The number of hydrogen-bond acceptors (Lipinski definition) is 3. The molecule has 0 saturated carbocycles. The van der Waals surface area contributed by atoms with Crippen LogP contribution in [0.25, 0.3) is 0 Å². The maximum absolute atomic E-state index is 10.8. The first kappa shape index (κ1) is 20.6. The van der Waals surface area contributed by atoms with E-state index in [9.17, 15) is 5.11 Å². The van der Waals surface area contributed by atoms with Crippen molar-refractivity contribution in [3.8, 4) is 11.5 Å². The van der Waals surface area contributed by atoms with Crippen molar-refractivity contribution in [2.24, 2.45) is 0 Å². The molecule has 0 unspecified atom stereocenters. The minimum absolute atomic E-state index is 0.159. The molecule has 4 heteroatoms. The van der Waals surface area contributed by atoms with Crippen molar-refractivity contribution in [3.05, 3.63) is 41.2 Å². The Balaban J connectivity index is 2.39. The van der Waals surface area contributed by atoms with Gasteiger partial charge in [0, 0.05) is 11.1 Å². The van der Waals surface area contributed by atoms with Crippen molar-refractivity contribution in [1.82, 2.24) is 0 Å². The third kappa shape index (κ3) is 4.34. The van der Waals surface area contributed by atoms with Gasteiger partial charge >= 0.3 is 0 Å². The minimum Gasteiger partial charge on any atom is -0.507 e. The number of ether oxygens (including phenoxy) is 1. The molecule has 3 nitrogen and oxygen atoms in total. The highest BCUT2D eigenvalue weighted by Crippen LogP contribution is 2.41. The van der Waals surface area contributed by atoms with Gasteiger partial charge < -0.3 is 14.3 Å². The summed E-state index contributed by atoms with van der Waals surface area (Å²) in [4.78, 5) is 0. The number of benzene rings is 1. The number of aromatic hydroxyl groups is 1. The van der Waals surface area contributed by atoms with Gasteiger partial charge in [-0.05, 0) is 41.5 Å². The van der Waals surface area contributed by atoms with E-state index in [0.717, 1.165) is 22.3 Å². The second-order valence-electron chi connectivity index (χ2n) is 9.97. The van der Waals surface area contributed by atoms with Gasteiger partial charge in [-0.3, -0.25) is 0 Å². The fourth-order valence-electron chi connectivity index (χ4n) is 3.23. The Labute approximate surface area is 159 Å². The molecule has 0 radical (unpaired) electrons. The average Bonchev–Trinajstić information content (AvgIpc) is 2.90. The second kappa shape index (κ2) is 6.80. The van der Waals surface area contributed by atoms with Gasteiger partial charge in [-0.25, -0.2) is 0 Å². The van der Waals surface area contributed by atoms with E-state index in [-0.39, 0.29) is 10.8 Å². The summed E-state index contributed by atoms with van der Waals surface area (Å²) in [6.45, 7) is 19.3. The molecule has 0 aliphatic rings. The fourth-order valence-corrected chi connectivity index (χ4v) is 5.43. The van der Waals surface area contributed by atoms with Crippen LogP contribution in [-0.4, -0.2) is 19.4 Å². The SMILES string of the molecule is Cc1ccoc1[Si](C)(C)COc1cc(C(C)(C)C)c(O)c(C(C)(C)C)c1. The summed E-state index contributed by atoms with van der Waals surface area (Å²) in [6, 6.07) is 5.99. The van der Waals surface area contributed by atoms with Crippen molar-refractivity contribution in [1.29, 1.82) is 0 Å². The third-order valence-corrected chi connectivity index (χ3v) is 7.38. The van der Waals surface area contributed by atoms with E-state index in [1.54, 1.807) is 6.26 Å². The van der Waals surface area contributed by atoms with Gasteiger partial charge in [0.15, 0.2) is 8.07 Å². The summed E-state index contributed by atoms with van der Waals surface area (Å²) >= 11 is 0. The van der Waals surface area contributed by atoms with Crippen LogP contribution in [-0.2, 0) is 10.8 Å². The summed E-state index contributed by atoms with van der Waals surface area (Å²) in [5.41, 5.74) is 2.73. The molecule has 144 valence electrons. The van der Waals surface area contributed by atoms with Gasteiger partial charge in [0.05, 0.1) is 17.9 Å². The summed E-state index contributed by atoms with van der Waals surface area (Å²) in [6.07, 6.45) is 2.40. The molecule has 26 heavy (non-hydrogen) atoms. The Bertz CT molecular complexity index is 738. The molecule has 2 aromatic rings. The van der Waals surface area contributed by atoms with Gasteiger partial charge in [0.2, 0.25) is 0 Å².